The van der Waals surface area contributed by atoms with Crippen LogP contribution in [-0.4, -0.2) is 53.9 Å². The average molecular weight is 330 g/mol. The molecule has 0 radical (unpaired) electrons. The molecule has 1 aliphatic carbocycles. The highest BCUT2D eigenvalue weighted by Crippen LogP contribution is 2.30. The zero-order chi connectivity index (χ0) is 17.1. The van der Waals surface area contributed by atoms with Crippen LogP contribution in [0, 0.1) is 0 Å². The molecule has 5 nitrogen and oxygen atoms in total. The summed E-state index contributed by atoms with van der Waals surface area (Å²) in [5, 5.41) is 0. The number of piperazine rings is 1. The number of fused-ring (bicyclic) bond motifs is 1. The van der Waals surface area contributed by atoms with E-state index < -0.39 is 6.10 Å². The number of hydrogen-bond acceptors (Lipinski definition) is 3. The van der Waals surface area contributed by atoms with E-state index in [0.29, 0.717) is 26.2 Å². The first-order valence-electron chi connectivity index (χ1n) is 8.88. The first-order valence-corrected chi connectivity index (χ1v) is 8.88. The van der Waals surface area contributed by atoms with Crippen molar-refractivity contribution in [1.82, 2.24) is 9.80 Å². The van der Waals surface area contributed by atoms with E-state index in [4.69, 9.17) is 4.74 Å². The van der Waals surface area contributed by atoms with E-state index in [0.717, 1.165) is 18.6 Å². The molecular weight excluding hydrogens is 304 g/mol. The van der Waals surface area contributed by atoms with Crippen LogP contribution in [0.2, 0.25) is 0 Å². The largest absolute Gasteiger partial charge is 0.481 e. The molecule has 1 aromatic carbocycles. The number of nitrogens with zero attached hydrogens (tertiary/aromatic N) is 2. The number of ether oxygens (including phenoxy) is 1. The maximum absolute atomic E-state index is 12.6. The normalized spacial score (nSPS) is 18.8. The summed E-state index contributed by atoms with van der Waals surface area (Å²) in [5.41, 5.74) is 2.62. The summed E-state index contributed by atoms with van der Waals surface area (Å²) in [6.07, 6.45) is 4.04. The van der Waals surface area contributed by atoms with Gasteiger partial charge in [0.2, 0.25) is 5.91 Å². The van der Waals surface area contributed by atoms with Gasteiger partial charge in [-0.25, -0.2) is 0 Å². The number of rotatable bonds is 3. The molecule has 1 saturated heterocycles. The average Bonchev–Trinajstić information content (AvgIpc) is 2.61. The zero-order valence-corrected chi connectivity index (χ0v) is 14.6. The van der Waals surface area contributed by atoms with Gasteiger partial charge in [-0.05, 0) is 49.8 Å². The lowest BCUT2D eigenvalue weighted by Gasteiger charge is -2.35. The molecule has 1 aliphatic heterocycles. The SMILES string of the molecule is CC(=O)N1CCN(C(=O)[C@H](C)Oc2cccc3c2CCCC3)CC1. The quantitative estimate of drug-likeness (QED) is 0.852. The Morgan fingerprint density at radius 3 is 2.42 bits per heavy atom. The molecule has 0 bridgehead atoms. The lowest BCUT2D eigenvalue weighted by atomic mass is 9.91. The van der Waals surface area contributed by atoms with Crippen molar-refractivity contribution in [2.75, 3.05) is 26.2 Å². The third kappa shape index (κ3) is 3.55. The van der Waals surface area contributed by atoms with Crippen molar-refractivity contribution >= 4 is 11.8 Å². The Kier molecular flexibility index (Phi) is 5.07. The van der Waals surface area contributed by atoms with Crippen molar-refractivity contribution in [3.63, 3.8) is 0 Å². The van der Waals surface area contributed by atoms with Crippen molar-refractivity contribution in [2.45, 2.75) is 45.6 Å². The third-order valence-corrected chi connectivity index (χ3v) is 5.04. The summed E-state index contributed by atoms with van der Waals surface area (Å²) in [6.45, 7) is 5.77. The molecular formula is C19H26N2O3. The van der Waals surface area contributed by atoms with E-state index in [9.17, 15) is 9.59 Å². The molecule has 130 valence electrons. The fraction of sp³-hybridized carbons (Fsp3) is 0.579. The van der Waals surface area contributed by atoms with Gasteiger partial charge in [-0.1, -0.05) is 12.1 Å². The van der Waals surface area contributed by atoms with E-state index in [1.165, 1.54) is 24.0 Å². The second-order valence-electron chi connectivity index (χ2n) is 6.69. The molecule has 1 heterocycles. The van der Waals surface area contributed by atoms with Gasteiger partial charge in [0.1, 0.15) is 5.75 Å². The van der Waals surface area contributed by atoms with Crippen LogP contribution in [0.5, 0.6) is 5.75 Å². The van der Waals surface area contributed by atoms with Gasteiger partial charge in [0.05, 0.1) is 0 Å². The van der Waals surface area contributed by atoms with E-state index in [1.54, 1.807) is 16.7 Å². The van der Waals surface area contributed by atoms with Crippen molar-refractivity contribution in [1.29, 1.82) is 0 Å². The van der Waals surface area contributed by atoms with Crippen LogP contribution in [0.15, 0.2) is 18.2 Å². The van der Waals surface area contributed by atoms with Crippen molar-refractivity contribution in [3.05, 3.63) is 29.3 Å². The Bertz CT molecular complexity index is 621. The molecule has 5 heteroatoms. The smallest absolute Gasteiger partial charge is 0.263 e. The minimum absolute atomic E-state index is 0.00612. The first-order chi connectivity index (χ1) is 11.6. The maximum atomic E-state index is 12.6. The van der Waals surface area contributed by atoms with Gasteiger partial charge in [0.25, 0.3) is 5.91 Å². The summed E-state index contributed by atoms with van der Waals surface area (Å²) in [5.74, 6) is 0.935. The highest BCUT2D eigenvalue weighted by Gasteiger charge is 2.27. The summed E-state index contributed by atoms with van der Waals surface area (Å²) >= 11 is 0. The standard InChI is InChI=1S/C19H26N2O3/c1-14(19(23)21-12-10-20(11-13-21)15(2)22)24-18-9-5-7-16-6-3-4-8-17(16)18/h5,7,9,14H,3-4,6,8,10-13H2,1-2H3/t14-/m0/s1. The minimum atomic E-state index is -0.498. The van der Waals surface area contributed by atoms with Gasteiger partial charge in [-0.2, -0.15) is 0 Å². The molecule has 1 fully saturated rings. The fourth-order valence-electron chi connectivity index (χ4n) is 3.60. The Balaban J connectivity index is 1.62. The molecule has 24 heavy (non-hydrogen) atoms. The number of carbonyl (C=O) groups excluding carboxylic acids is 2. The van der Waals surface area contributed by atoms with Crippen LogP contribution in [0.1, 0.15) is 37.8 Å². The monoisotopic (exact) mass is 330 g/mol. The number of amides is 2. The first kappa shape index (κ1) is 16.8. The summed E-state index contributed by atoms with van der Waals surface area (Å²) in [4.78, 5) is 27.6. The predicted octanol–water partition coefficient (Wildman–Crippen LogP) is 2.02. The van der Waals surface area contributed by atoms with Gasteiger partial charge < -0.3 is 14.5 Å². The molecule has 0 N–H and O–H groups in total. The van der Waals surface area contributed by atoms with Crippen molar-refractivity contribution < 1.29 is 14.3 Å². The maximum Gasteiger partial charge on any atom is 0.263 e. The van der Waals surface area contributed by atoms with Gasteiger partial charge in [0.15, 0.2) is 6.10 Å². The van der Waals surface area contributed by atoms with Gasteiger partial charge in [0, 0.05) is 33.1 Å². The molecule has 0 spiro atoms. The van der Waals surface area contributed by atoms with Crippen LogP contribution in [0.4, 0.5) is 0 Å². The van der Waals surface area contributed by atoms with E-state index in [2.05, 4.69) is 6.07 Å². The molecule has 0 unspecified atom stereocenters. The van der Waals surface area contributed by atoms with E-state index >= 15 is 0 Å². The fourth-order valence-corrected chi connectivity index (χ4v) is 3.60. The van der Waals surface area contributed by atoms with Gasteiger partial charge >= 0.3 is 0 Å². The van der Waals surface area contributed by atoms with E-state index in [1.807, 2.05) is 19.1 Å². The Hall–Kier alpha value is -2.04. The zero-order valence-electron chi connectivity index (χ0n) is 14.6. The number of hydrogen-bond donors (Lipinski definition) is 0. The molecule has 3 rings (SSSR count). The summed E-state index contributed by atoms with van der Waals surface area (Å²) in [6, 6.07) is 6.15. The van der Waals surface area contributed by atoms with E-state index in [-0.39, 0.29) is 11.8 Å². The Labute approximate surface area is 143 Å². The van der Waals surface area contributed by atoms with Crippen LogP contribution in [0.25, 0.3) is 0 Å². The number of aryl methyl sites for hydroxylation is 1. The van der Waals surface area contributed by atoms with Crippen LogP contribution >= 0.6 is 0 Å². The number of carbonyl (C=O) groups is 2. The Morgan fingerprint density at radius 2 is 1.71 bits per heavy atom. The molecule has 2 aliphatic rings. The summed E-state index contributed by atoms with van der Waals surface area (Å²) < 4.78 is 6.03. The lowest BCUT2D eigenvalue weighted by Crippen LogP contribution is -2.52. The van der Waals surface area contributed by atoms with Gasteiger partial charge in [-0.15, -0.1) is 0 Å². The van der Waals surface area contributed by atoms with Crippen molar-refractivity contribution in [2.24, 2.45) is 0 Å². The Morgan fingerprint density at radius 1 is 1.04 bits per heavy atom. The van der Waals surface area contributed by atoms with Crippen LogP contribution < -0.4 is 4.74 Å². The van der Waals surface area contributed by atoms with Crippen molar-refractivity contribution in [3.8, 4) is 5.75 Å². The second kappa shape index (κ2) is 7.24. The highest BCUT2D eigenvalue weighted by atomic mass is 16.5. The summed E-state index contributed by atoms with van der Waals surface area (Å²) in [7, 11) is 0. The van der Waals surface area contributed by atoms with Crippen LogP contribution in [-0.2, 0) is 22.4 Å². The molecule has 1 atom stereocenters. The number of benzene rings is 1. The molecule has 1 aromatic rings. The topological polar surface area (TPSA) is 49.9 Å². The highest BCUT2D eigenvalue weighted by molar-refractivity contribution is 5.81. The molecule has 2 amide bonds. The minimum Gasteiger partial charge on any atom is -0.481 e. The lowest BCUT2D eigenvalue weighted by molar-refractivity contribution is -0.143. The molecule has 0 saturated carbocycles. The third-order valence-electron chi connectivity index (χ3n) is 5.04. The predicted molar refractivity (Wildman–Crippen MR) is 92.0 cm³/mol. The van der Waals surface area contributed by atoms with Crippen LogP contribution in [0.3, 0.4) is 0 Å². The molecule has 0 aromatic heterocycles. The van der Waals surface area contributed by atoms with Gasteiger partial charge in [-0.3, -0.25) is 9.59 Å². The second-order valence-corrected chi connectivity index (χ2v) is 6.69.